The van der Waals surface area contributed by atoms with E-state index in [-0.39, 0.29) is 18.2 Å². The molecule has 0 aromatic heterocycles. The lowest BCUT2D eigenvalue weighted by Crippen LogP contribution is -2.33. The van der Waals surface area contributed by atoms with Crippen LogP contribution < -0.4 is 5.32 Å². The number of para-hydroxylation sites is 1. The Labute approximate surface area is 131 Å². The zero-order valence-corrected chi connectivity index (χ0v) is 14.5. The number of amides is 1. The number of likely N-dealkylation sites (N-methyl/N-ethyl adjacent to an activating group) is 1. The number of carbonyl (C=O) groups excluding carboxylic acids is 1. The van der Waals surface area contributed by atoms with Gasteiger partial charge in [0.1, 0.15) is 8.77 Å². The Kier molecular flexibility index (Phi) is 6.73. The van der Waals surface area contributed by atoms with Gasteiger partial charge in [-0.25, -0.2) is 4.21 Å². The fourth-order valence-electron chi connectivity index (χ4n) is 1.87. The molecule has 1 atom stereocenters. The maximum Gasteiger partial charge on any atom is 0.238 e. The highest BCUT2D eigenvalue weighted by atomic mass is 32.8. The molecule has 0 saturated carbocycles. The molecule has 0 heterocycles. The van der Waals surface area contributed by atoms with E-state index < -0.39 is 8.77 Å². The van der Waals surface area contributed by atoms with E-state index in [0.717, 1.165) is 16.8 Å². The highest BCUT2D eigenvalue weighted by molar-refractivity contribution is 8.30. The van der Waals surface area contributed by atoms with E-state index >= 15 is 0 Å². The summed E-state index contributed by atoms with van der Waals surface area (Å²) >= 11 is 4.79. The molecule has 1 N–H and O–H groups in total. The average molecular weight is 330 g/mol. The third-order valence-corrected chi connectivity index (χ3v) is 5.23. The first-order valence-electron chi connectivity index (χ1n) is 6.58. The van der Waals surface area contributed by atoms with Crippen LogP contribution in [0.5, 0.6) is 0 Å². The van der Waals surface area contributed by atoms with E-state index in [1.807, 2.05) is 32.0 Å². The van der Waals surface area contributed by atoms with Crippen molar-refractivity contribution in [2.75, 3.05) is 38.3 Å². The van der Waals surface area contributed by atoms with Crippen LogP contribution in [-0.4, -0.2) is 48.0 Å². The Bertz CT molecular complexity index is 580. The lowest BCUT2D eigenvalue weighted by molar-refractivity contribution is -0.117. The Hall–Kier alpha value is -1.02. The number of hydrogen-bond acceptors (Lipinski definition) is 5. The van der Waals surface area contributed by atoms with Crippen LogP contribution >= 0.6 is 0 Å². The van der Waals surface area contributed by atoms with E-state index in [2.05, 4.69) is 5.32 Å². The van der Waals surface area contributed by atoms with E-state index in [1.165, 1.54) is 7.11 Å². The molecular formula is C14H22N2O3S2. The molecule has 118 valence electrons. The van der Waals surface area contributed by atoms with Crippen molar-refractivity contribution >= 4 is 31.6 Å². The van der Waals surface area contributed by atoms with Gasteiger partial charge in [-0.2, -0.15) is 0 Å². The van der Waals surface area contributed by atoms with Crippen LogP contribution in [-0.2, 0) is 28.9 Å². The lowest BCUT2D eigenvalue weighted by Gasteiger charge is -2.18. The van der Waals surface area contributed by atoms with Gasteiger partial charge in [-0.3, -0.25) is 13.9 Å². The van der Waals surface area contributed by atoms with Gasteiger partial charge in [0.2, 0.25) is 5.91 Å². The van der Waals surface area contributed by atoms with Gasteiger partial charge in [-0.05, 0) is 32.0 Å². The minimum atomic E-state index is -2.66. The van der Waals surface area contributed by atoms with E-state index in [1.54, 1.807) is 11.9 Å². The van der Waals surface area contributed by atoms with Crippen LogP contribution in [0.3, 0.4) is 0 Å². The molecule has 1 unspecified atom stereocenters. The minimum Gasteiger partial charge on any atom is -0.324 e. The van der Waals surface area contributed by atoms with Crippen molar-refractivity contribution in [2.24, 2.45) is 0 Å². The Balaban J connectivity index is 2.54. The second-order valence-electron chi connectivity index (χ2n) is 4.98. The molecule has 5 nitrogen and oxygen atoms in total. The molecule has 0 aliphatic rings. The second-order valence-corrected chi connectivity index (χ2v) is 8.36. The first-order valence-corrected chi connectivity index (χ1v) is 9.16. The van der Waals surface area contributed by atoms with E-state index in [0.29, 0.717) is 6.54 Å². The highest BCUT2D eigenvalue weighted by Gasteiger charge is 2.12. The quantitative estimate of drug-likeness (QED) is 0.821. The zero-order chi connectivity index (χ0) is 16.0. The predicted octanol–water partition coefficient (Wildman–Crippen LogP) is 1.48. The van der Waals surface area contributed by atoms with Gasteiger partial charge in [0, 0.05) is 23.4 Å². The number of benzene rings is 1. The van der Waals surface area contributed by atoms with Crippen molar-refractivity contribution in [3.8, 4) is 0 Å². The summed E-state index contributed by atoms with van der Waals surface area (Å²) in [4.78, 5) is 13.8. The molecule has 21 heavy (non-hydrogen) atoms. The number of nitrogens with zero attached hydrogens (tertiary/aromatic N) is 1. The number of aryl methyl sites for hydroxylation is 2. The van der Waals surface area contributed by atoms with Crippen LogP contribution in [0.1, 0.15) is 11.1 Å². The summed E-state index contributed by atoms with van der Waals surface area (Å²) in [6, 6.07) is 5.87. The first kappa shape index (κ1) is 18.0. The molecule has 1 aromatic carbocycles. The van der Waals surface area contributed by atoms with Crippen molar-refractivity contribution in [3.05, 3.63) is 29.3 Å². The lowest BCUT2D eigenvalue weighted by atomic mass is 10.1. The molecule has 0 radical (unpaired) electrons. The number of carbonyl (C=O) groups is 1. The van der Waals surface area contributed by atoms with Gasteiger partial charge < -0.3 is 5.32 Å². The molecule has 1 aromatic rings. The summed E-state index contributed by atoms with van der Waals surface area (Å²) < 4.78 is 16.3. The molecule has 0 aliphatic heterocycles. The van der Waals surface area contributed by atoms with Crippen molar-refractivity contribution in [2.45, 2.75) is 13.8 Å². The third-order valence-electron chi connectivity index (χ3n) is 3.14. The topological polar surface area (TPSA) is 58.6 Å². The van der Waals surface area contributed by atoms with Crippen molar-refractivity contribution < 1.29 is 13.2 Å². The summed E-state index contributed by atoms with van der Waals surface area (Å²) in [6.45, 7) is 4.56. The average Bonchev–Trinajstić information content (AvgIpc) is 2.41. The normalized spacial score (nSPS) is 14.0. The fraction of sp³-hybridized carbons (Fsp3) is 0.500. The molecule has 0 bridgehead atoms. The van der Waals surface area contributed by atoms with Crippen LogP contribution in [0.25, 0.3) is 0 Å². The number of rotatable bonds is 7. The van der Waals surface area contributed by atoms with Crippen molar-refractivity contribution in [3.63, 3.8) is 0 Å². The molecule has 1 rings (SSSR count). The van der Waals surface area contributed by atoms with Gasteiger partial charge in [-0.1, -0.05) is 18.2 Å². The SMILES string of the molecule is COS(=O)(=S)CCN(C)CC(=O)Nc1c(C)cccc1C. The minimum absolute atomic E-state index is 0.108. The van der Waals surface area contributed by atoms with E-state index in [9.17, 15) is 9.00 Å². The van der Waals surface area contributed by atoms with Gasteiger partial charge in [0.25, 0.3) is 0 Å². The van der Waals surface area contributed by atoms with Crippen molar-refractivity contribution in [1.29, 1.82) is 0 Å². The monoisotopic (exact) mass is 330 g/mol. The van der Waals surface area contributed by atoms with Gasteiger partial charge in [0.15, 0.2) is 0 Å². The Morgan fingerprint density at radius 1 is 1.38 bits per heavy atom. The predicted molar refractivity (Wildman–Crippen MR) is 89.4 cm³/mol. The smallest absolute Gasteiger partial charge is 0.238 e. The van der Waals surface area contributed by atoms with Crippen LogP contribution in [0.2, 0.25) is 0 Å². The molecule has 1 amide bonds. The molecule has 0 fully saturated rings. The third kappa shape index (κ3) is 6.09. The van der Waals surface area contributed by atoms with Crippen LogP contribution in [0.4, 0.5) is 5.69 Å². The molecule has 0 aliphatic carbocycles. The second kappa shape index (κ2) is 7.84. The van der Waals surface area contributed by atoms with Crippen LogP contribution in [0.15, 0.2) is 18.2 Å². The summed E-state index contributed by atoms with van der Waals surface area (Å²) in [7, 11) is 0.456. The summed E-state index contributed by atoms with van der Waals surface area (Å²) in [5.41, 5.74) is 2.90. The Morgan fingerprint density at radius 2 is 1.95 bits per heavy atom. The summed E-state index contributed by atoms with van der Waals surface area (Å²) in [5, 5.41) is 2.91. The van der Waals surface area contributed by atoms with Gasteiger partial charge in [0.05, 0.1) is 19.4 Å². The molecule has 0 saturated heterocycles. The number of hydrogen-bond donors (Lipinski definition) is 1. The highest BCUT2D eigenvalue weighted by Crippen LogP contribution is 2.19. The number of anilines is 1. The largest absolute Gasteiger partial charge is 0.324 e. The van der Waals surface area contributed by atoms with Gasteiger partial charge in [-0.15, -0.1) is 0 Å². The zero-order valence-electron chi connectivity index (χ0n) is 12.8. The van der Waals surface area contributed by atoms with Crippen LogP contribution in [0, 0.1) is 13.8 Å². The fourth-order valence-corrected chi connectivity index (χ4v) is 2.79. The molecular weight excluding hydrogens is 308 g/mol. The molecule has 7 heteroatoms. The molecule has 0 spiro atoms. The van der Waals surface area contributed by atoms with Gasteiger partial charge >= 0.3 is 0 Å². The van der Waals surface area contributed by atoms with E-state index in [4.69, 9.17) is 15.4 Å². The summed E-state index contributed by atoms with van der Waals surface area (Å²) in [6.07, 6.45) is 0. The standard InChI is InChI=1S/C14H22N2O3S2/c1-11-6-5-7-12(2)14(11)15-13(17)10-16(3)8-9-21(18,20)19-4/h5-7H,8-10H2,1-4H3,(H,15,17). The first-order chi connectivity index (χ1) is 9.75. The summed E-state index contributed by atoms with van der Waals surface area (Å²) in [5.74, 6) is 0.120. The number of nitrogens with one attached hydrogen (secondary N) is 1. The maximum absolute atomic E-state index is 12.0. The van der Waals surface area contributed by atoms with Crippen molar-refractivity contribution in [1.82, 2.24) is 4.90 Å². The Morgan fingerprint density at radius 3 is 2.48 bits per heavy atom. The maximum atomic E-state index is 12.0.